The van der Waals surface area contributed by atoms with E-state index in [0.717, 1.165) is 0 Å². The van der Waals surface area contributed by atoms with Crippen LogP contribution in [-0.4, -0.2) is 44.5 Å². The Hall–Kier alpha value is -2.00. The first-order valence-electron chi connectivity index (χ1n) is 8.56. The maximum Gasteiger partial charge on any atom is 0.311 e. The number of nitrogens with one attached hydrogen (secondary N) is 1. The molecule has 8 nitrogen and oxygen atoms in total. The molecule has 0 spiro atoms. The third-order valence-corrected chi connectivity index (χ3v) is 6.47. The Balaban J connectivity index is 2.85. The van der Waals surface area contributed by atoms with Gasteiger partial charge in [0.25, 0.3) is 5.69 Å². The van der Waals surface area contributed by atoms with E-state index in [1.807, 2.05) is 0 Å². The molecule has 3 N–H and O–H groups in total. The first kappa shape index (κ1) is 21.3. The van der Waals surface area contributed by atoms with Crippen LogP contribution in [-0.2, 0) is 9.59 Å². The van der Waals surface area contributed by atoms with Gasteiger partial charge in [-0.1, -0.05) is 28.1 Å². The molecular formula is C18H23BrN2O6. The number of carbonyl (C=O) groups is 2. The molecule has 148 valence electrons. The highest BCUT2D eigenvalue weighted by atomic mass is 79.9. The van der Waals surface area contributed by atoms with Crippen LogP contribution in [0.3, 0.4) is 0 Å². The number of rotatable bonds is 6. The second-order valence-electron chi connectivity index (χ2n) is 7.27. The zero-order valence-electron chi connectivity index (χ0n) is 15.3. The molecule has 0 aromatic heterocycles. The normalized spacial score (nSPS) is 33.4. The number of halogens is 1. The molecule has 1 heterocycles. The predicted octanol–water partition coefficient (Wildman–Crippen LogP) is 3.01. The molecule has 1 aliphatic heterocycles. The van der Waals surface area contributed by atoms with Gasteiger partial charge in [0.2, 0.25) is 0 Å². The van der Waals surface area contributed by atoms with Crippen molar-refractivity contribution in [2.24, 2.45) is 10.8 Å². The summed E-state index contributed by atoms with van der Waals surface area (Å²) >= 11 is 3.30. The molecule has 2 rings (SSSR count). The molecule has 5 atom stereocenters. The summed E-state index contributed by atoms with van der Waals surface area (Å²) in [6.45, 7) is 4.93. The van der Waals surface area contributed by atoms with Crippen LogP contribution >= 0.6 is 15.9 Å². The minimum atomic E-state index is -1.48. The molecule has 0 bridgehead atoms. The summed E-state index contributed by atoms with van der Waals surface area (Å²) < 4.78 is 0. The topological polar surface area (TPSA) is 130 Å². The highest BCUT2D eigenvalue weighted by molar-refractivity contribution is 9.09. The van der Waals surface area contributed by atoms with Crippen LogP contribution in [0.1, 0.15) is 38.7 Å². The summed E-state index contributed by atoms with van der Waals surface area (Å²) in [6, 6.07) is 4.56. The molecule has 0 radical (unpaired) electrons. The van der Waals surface area contributed by atoms with Gasteiger partial charge in [0.05, 0.1) is 15.8 Å². The van der Waals surface area contributed by atoms with Gasteiger partial charge in [-0.2, -0.15) is 0 Å². The lowest BCUT2D eigenvalue weighted by Crippen LogP contribution is -2.68. The van der Waals surface area contributed by atoms with Gasteiger partial charge in [0.15, 0.2) is 0 Å². The average Bonchev–Trinajstić information content (AvgIpc) is 2.59. The van der Waals surface area contributed by atoms with Crippen molar-refractivity contribution in [3.05, 3.63) is 39.9 Å². The van der Waals surface area contributed by atoms with Crippen molar-refractivity contribution in [2.75, 3.05) is 5.33 Å². The number of nitrogens with zero attached hydrogens (tertiary/aromatic N) is 1. The molecule has 1 aromatic rings. The Morgan fingerprint density at radius 1 is 1.26 bits per heavy atom. The number of non-ortho nitro benzene ring substituents is 1. The predicted molar refractivity (Wildman–Crippen MR) is 102 cm³/mol. The molecule has 27 heavy (non-hydrogen) atoms. The summed E-state index contributed by atoms with van der Waals surface area (Å²) in [4.78, 5) is 35.5. The van der Waals surface area contributed by atoms with Gasteiger partial charge in [-0.15, -0.1) is 0 Å². The van der Waals surface area contributed by atoms with Crippen molar-refractivity contribution < 1.29 is 24.7 Å². The van der Waals surface area contributed by atoms with Crippen molar-refractivity contribution in [1.29, 1.82) is 0 Å². The molecule has 5 unspecified atom stereocenters. The van der Waals surface area contributed by atoms with Crippen LogP contribution in [0.5, 0.6) is 0 Å². The van der Waals surface area contributed by atoms with E-state index >= 15 is 0 Å². The first-order chi connectivity index (χ1) is 12.5. The van der Waals surface area contributed by atoms with Crippen molar-refractivity contribution in [1.82, 2.24) is 5.32 Å². The fraction of sp³-hybridized carbons (Fsp3) is 0.556. The Bertz CT molecular complexity index is 772. The van der Waals surface area contributed by atoms with Gasteiger partial charge in [-0.3, -0.25) is 19.7 Å². The molecule has 0 aliphatic carbocycles. The standard InChI is InChI=1S/C18H23BrN2O6/c1-10-17(3,15(22)23)14(12-5-4-6-13(9-12)21(26)27)18(7-8-19,16(24)25)11(2)20-10/h4-6,9-11,14,20H,7-8H2,1-3H3,(H,22,23)(H,24,25). The molecule has 1 fully saturated rings. The van der Waals surface area contributed by atoms with Crippen LogP contribution in [0.15, 0.2) is 24.3 Å². The smallest absolute Gasteiger partial charge is 0.311 e. The van der Waals surface area contributed by atoms with Crippen LogP contribution in [0.25, 0.3) is 0 Å². The number of hydrogen-bond donors (Lipinski definition) is 3. The van der Waals surface area contributed by atoms with Crippen molar-refractivity contribution >= 4 is 33.6 Å². The number of alkyl halides is 1. The third kappa shape index (κ3) is 3.23. The number of nitro groups is 1. The number of aliphatic carboxylic acids is 2. The van der Waals surface area contributed by atoms with Crippen LogP contribution in [0.4, 0.5) is 5.69 Å². The van der Waals surface area contributed by atoms with Gasteiger partial charge in [0.1, 0.15) is 0 Å². The van der Waals surface area contributed by atoms with Gasteiger partial charge in [-0.25, -0.2) is 0 Å². The maximum absolute atomic E-state index is 12.5. The van der Waals surface area contributed by atoms with E-state index in [-0.39, 0.29) is 12.1 Å². The lowest BCUT2D eigenvalue weighted by atomic mass is 9.51. The number of carboxylic acid groups (broad SMARTS) is 2. The Kier molecular flexibility index (Phi) is 5.96. The highest BCUT2D eigenvalue weighted by Gasteiger charge is 2.64. The largest absolute Gasteiger partial charge is 0.481 e. The number of benzene rings is 1. The second-order valence-corrected chi connectivity index (χ2v) is 8.06. The maximum atomic E-state index is 12.5. The van der Waals surface area contributed by atoms with E-state index < -0.39 is 45.7 Å². The summed E-state index contributed by atoms with van der Waals surface area (Å²) in [6.07, 6.45) is 0.166. The quantitative estimate of drug-likeness (QED) is 0.350. The highest BCUT2D eigenvalue weighted by Crippen LogP contribution is 2.57. The van der Waals surface area contributed by atoms with Crippen molar-refractivity contribution in [3.63, 3.8) is 0 Å². The Labute approximate surface area is 165 Å². The average molecular weight is 443 g/mol. The van der Waals surface area contributed by atoms with E-state index in [2.05, 4.69) is 21.2 Å². The van der Waals surface area contributed by atoms with Gasteiger partial charge >= 0.3 is 11.9 Å². The molecule has 0 saturated carbocycles. The molecule has 1 aliphatic rings. The number of hydrogen-bond acceptors (Lipinski definition) is 5. The van der Waals surface area contributed by atoms with Gasteiger partial charge in [0, 0.05) is 35.5 Å². The lowest BCUT2D eigenvalue weighted by Gasteiger charge is -2.56. The summed E-state index contributed by atoms with van der Waals surface area (Å²) in [5.74, 6) is -3.24. The third-order valence-electron chi connectivity index (χ3n) is 6.07. The zero-order chi connectivity index (χ0) is 20.6. The number of piperidine rings is 1. The van der Waals surface area contributed by atoms with E-state index in [0.29, 0.717) is 10.9 Å². The molecular weight excluding hydrogens is 420 g/mol. The van der Waals surface area contributed by atoms with E-state index in [1.54, 1.807) is 19.9 Å². The van der Waals surface area contributed by atoms with Crippen LogP contribution in [0, 0.1) is 20.9 Å². The van der Waals surface area contributed by atoms with E-state index in [4.69, 9.17) is 0 Å². The zero-order valence-corrected chi connectivity index (χ0v) is 16.9. The summed E-state index contributed by atoms with van der Waals surface area (Å²) in [5.41, 5.74) is -2.80. The fourth-order valence-corrected chi connectivity index (χ4v) is 5.09. The van der Waals surface area contributed by atoms with E-state index in [9.17, 15) is 29.9 Å². The number of nitro benzene ring substituents is 1. The molecule has 1 saturated heterocycles. The van der Waals surface area contributed by atoms with Crippen molar-refractivity contribution in [3.8, 4) is 0 Å². The second kappa shape index (κ2) is 7.55. The SMILES string of the molecule is CC1NC(C)C(CCBr)(C(=O)O)C(c2cccc([N+](=O)[O-])c2)C1(C)C(=O)O. The number of carboxylic acids is 2. The van der Waals surface area contributed by atoms with Crippen LogP contribution in [0.2, 0.25) is 0 Å². The summed E-state index contributed by atoms with van der Waals surface area (Å²) in [7, 11) is 0. The first-order valence-corrected chi connectivity index (χ1v) is 9.68. The monoisotopic (exact) mass is 442 g/mol. The minimum Gasteiger partial charge on any atom is -0.481 e. The lowest BCUT2D eigenvalue weighted by molar-refractivity contribution is -0.385. The summed E-state index contributed by atoms with van der Waals surface area (Å²) in [5, 5.41) is 35.0. The van der Waals surface area contributed by atoms with Gasteiger partial charge in [-0.05, 0) is 32.8 Å². The Morgan fingerprint density at radius 3 is 2.37 bits per heavy atom. The van der Waals surface area contributed by atoms with Crippen LogP contribution < -0.4 is 5.32 Å². The minimum absolute atomic E-state index is 0.166. The van der Waals surface area contributed by atoms with Crippen molar-refractivity contribution in [2.45, 2.75) is 45.2 Å². The van der Waals surface area contributed by atoms with E-state index in [1.165, 1.54) is 25.1 Å². The fourth-order valence-electron chi connectivity index (χ4n) is 4.43. The van der Waals surface area contributed by atoms with Gasteiger partial charge < -0.3 is 15.5 Å². The Morgan fingerprint density at radius 2 is 1.89 bits per heavy atom. The molecule has 1 aromatic carbocycles. The molecule has 9 heteroatoms. The molecule has 0 amide bonds.